The molecule has 1 saturated heterocycles. The van der Waals surface area contributed by atoms with Crippen LogP contribution in [0.2, 0.25) is 0 Å². The number of nitrogens with zero attached hydrogens (tertiary/aromatic N) is 3. The van der Waals surface area contributed by atoms with E-state index in [1.165, 1.54) is 16.9 Å². The predicted molar refractivity (Wildman–Crippen MR) is 116 cm³/mol. The van der Waals surface area contributed by atoms with Crippen LogP contribution in [0.1, 0.15) is 26.5 Å². The Morgan fingerprint density at radius 2 is 1.86 bits per heavy atom. The summed E-state index contributed by atoms with van der Waals surface area (Å²) in [4.78, 5) is 15.1. The maximum Gasteiger partial charge on any atom is 0.257 e. The lowest BCUT2D eigenvalue weighted by atomic mass is 10.0. The number of morpholine rings is 1. The standard InChI is InChI=1S/C22H24N4O2S/c1-16-18(8-5-9-19(16)26-12-14-28-15-13-26)21(27)23-22-25-24-20(29-22)11-10-17-6-3-2-4-7-17/h2-9H,10-15H2,1H3,(H,23,25,27). The smallest absolute Gasteiger partial charge is 0.257 e. The van der Waals surface area contributed by atoms with Gasteiger partial charge in [0.1, 0.15) is 5.01 Å². The van der Waals surface area contributed by atoms with Gasteiger partial charge in [-0.15, -0.1) is 10.2 Å². The van der Waals surface area contributed by atoms with Gasteiger partial charge < -0.3 is 9.64 Å². The van der Waals surface area contributed by atoms with Crippen molar-refractivity contribution >= 4 is 28.1 Å². The molecule has 6 nitrogen and oxygen atoms in total. The Labute approximate surface area is 174 Å². The zero-order valence-corrected chi connectivity index (χ0v) is 17.2. The highest BCUT2D eigenvalue weighted by Crippen LogP contribution is 2.25. The Hall–Kier alpha value is -2.77. The summed E-state index contributed by atoms with van der Waals surface area (Å²) in [5.74, 6) is -0.150. The van der Waals surface area contributed by atoms with Crippen LogP contribution in [-0.2, 0) is 17.6 Å². The summed E-state index contributed by atoms with van der Waals surface area (Å²) in [6.45, 7) is 5.10. The fourth-order valence-corrected chi connectivity index (χ4v) is 4.22. The van der Waals surface area contributed by atoms with Crippen molar-refractivity contribution in [2.75, 3.05) is 36.5 Å². The van der Waals surface area contributed by atoms with E-state index in [-0.39, 0.29) is 5.91 Å². The van der Waals surface area contributed by atoms with Crippen molar-refractivity contribution in [3.63, 3.8) is 0 Å². The SMILES string of the molecule is Cc1c(C(=O)Nc2nnc(CCc3ccccc3)s2)cccc1N1CCOCC1. The van der Waals surface area contributed by atoms with E-state index in [9.17, 15) is 4.79 Å². The number of carbonyl (C=O) groups is 1. The van der Waals surface area contributed by atoms with E-state index in [4.69, 9.17) is 4.74 Å². The van der Waals surface area contributed by atoms with E-state index < -0.39 is 0 Å². The second-order valence-electron chi connectivity index (χ2n) is 6.99. The molecule has 2 heterocycles. The van der Waals surface area contributed by atoms with Crippen LogP contribution in [0.15, 0.2) is 48.5 Å². The number of benzene rings is 2. The molecule has 2 aromatic carbocycles. The zero-order chi connectivity index (χ0) is 20.1. The van der Waals surface area contributed by atoms with Crippen molar-refractivity contribution in [1.29, 1.82) is 0 Å². The van der Waals surface area contributed by atoms with E-state index in [0.717, 1.165) is 42.2 Å². The van der Waals surface area contributed by atoms with Crippen molar-refractivity contribution in [3.8, 4) is 0 Å². The molecule has 0 unspecified atom stereocenters. The van der Waals surface area contributed by atoms with Crippen molar-refractivity contribution < 1.29 is 9.53 Å². The van der Waals surface area contributed by atoms with Crippen LogP contribution in [0.4, 0.5) is 10.8 Å². The highest BCUT2D eigenvalue weighted by Gasteiger charge is 2.18. The van der Waals surface area contributed by atoms with Gasteiger partial charge in [-0.3, -0.25) is 10.1 Å². The number of nitrogens with one attached hydrogen (secondary N) is 1. The average Bonchev–Trinajstić information content (AvgIpc) is 3.21. The molecule has 3 aromatic rings. The first kappa shape index (κ1) is 19.5. The minimum absolute atomic E-state index is 0.150. The lowest BCUT2D eigenvalue weighted by Crippen LogP contribution is -2.36. The summed E-state index contributed by atoms with van der Waals surface area (Å²) in [5, 5.41) is 12.7. The highest BCUT2D eigenvalue weighted by atomic mass is 32.1. The highest BCUT2D eigenvalue weighted by molar-refractivity contribution is 7.15. The van der Waals surface area contributed by atoms with Crippen LogP contribution in [0.3, 0.4) is 0 Å². The van der Waals surface area contributed by atoms with E-state index in [2.05, 4.69) is 38.6 Å². The fraction of sp³-hybridized carbons (Fsp3) is 0.318. The Kier molecular flexibility index (Phi) is 6.17. The lowest BCUT2D eigenvalue weighted by Gasteiger charge is -2.30. The van der Waals surface area contributed by atoms with Crippen molar-refractivity contribution in [1.82, 2.24) is 10.2 Å². The van der Waals surface area contributed by atoms with Gasteiger partial charge in [0.05, 0.1) is 13.2 Å². The first-order valence-corrected chi connectivity index (χ1v) is 10.6. The van der Waals surface area contributed by atoms with Crippen LogP contribution in [-0.4, -0.2) is 42.4 Å². The number of hydrogen-bond donors (Lipinski definition) is 1. The Morgan fingerprint density at radius 3 is 2.66 bits per heavy atom. The van der Waals surface area contributed by atoms with Gasteiger partial charge >= 0.3 is 0 Å². The first-order valence-electron chi connectivity index (χ1n) is 9.80. The van der Waals surface area contributed by atoms with Crippen LogP contribution < -0.4 is 10.2 Å². The van der Waals surface area contributed by atoms with Crippen LogP contribution in [0.5, 0.6) is 0 Å². The molecule has 1 amide bonds. The molecule has 1 aromatic heterocycles. The van der Waals surface area contributed by atoms with Crippen LogP contribution in [0, 0.1) is 6.92 Å². The van der Waals surface area contributed by atoms with Gasteiger partial charge in [-0.25, -0.2) is 0 Å². The van der Waals surface area contributed by atoms with Gasteiger partial charge in [0.15, 0.2) is 0 Å². The van der Waals surface area contributed by atoms with Gasteiger partial charge in [0, 0.05) is 30.8 Å². The summed E-state index contributed by atoms with van der Waals surface area (Å²) < 4.78 is 5.43. The number of aryl methyl sites for hydroxylation is 2. The topological polar surface area (TPSA) is 67.4 Å². The molecule has 0 atom stereocenters. The molecule has 150 valence electrons. The number of amides is 1. The van der Waals surface area contributed by atoms with Crippen LogP contribution >= 0.6 is 11.3 Å². The third-order valence-corrected chi connectivity index (χ3v) is 5.96. The largest absolute Gasteiger partial charge is 0.378 e. The predicted octanol–water partition coefficient (Wildman–Crippen LogP) is 3.72. The summed E-state index contributed by atoms with van der Waals surface area (Å²) in [5.41, 5.74) is 3.99. The van der Waals surface area contributed by atoms with E-state index in [0.29, 0.717) is 23.9 Å². The first-order chi connectivity index (χ1) is 14.2. The number of carbonyl (C=O) groups excluding carboxylic acids is 1. The molecule has 29 heavy (non-hydrogen) atoms. The molecule has 1 aliphatic rings. The maximum atomic E-state index is 12.8. The third kappa shape index (κ3) is 4.81. The number of rotatable bonds is 6. The van der Waals surface area contributed by atoms with Gasteiger partial charge in [0.25, 0.3) is 5.91 Å². The molecule has 1 aliphatic heterocycles. The minimum atomic E-state index is -0.150. The Bertz CT molecular complexity index is 968. The normalized spacial score (nSPS) is 14.0. The van der Waals surface area contributed by atoms with Gasteiger partial charge in [-0.05, 0) is 36.6 Å². The Morgan fingerprint density at radius 1 is 1.07 bits per heavy atom. The number of anilines is 2. The van der Waals surface area contributed by atoms with Crippen LogP contribution in [0.25, 0.3) is 0 Å². The van der Waals surface area contributed by atoms with Gasteiger partial charge in [-0.2, -0.15) is 0 Å². The van der Waals surface area contributed by atoms with Crippen molar-refractivity contribution in [3.05, 3.63) is 70.2 Å². The van der Waals surface area contributed by atoms with E-state index in [1.54, 1.807) is 0 Å². The number of hydrogen-bond acceptors (Lipinski definition) is 6. The second-order valence-corrected chi connectivity index (χ2v) is 8.05. The zero-order valence-electron chi connectivity index (χ0n) is 16.4. The Balaban J connectivity index is 1.41. The number of ether oxygens (including phenoxy) is 1. The molecule has 0 aliphatic carbocycles. The molecule has 7 heteroatoms. The molecular formula is C22H24N4O2S. The summed E-state index contributed by atoms with van der Waals surface area (Å²) in [6, 6.07) is 16.1. The third-order valence-electron chi connectivity index (χ3n) is 5.06. The van der Waals surface area contributed by atoms with Gasteiger partial charge in [-0.1, -0.05) is 47.7 Å². The summed E-state index contributed by atoms with van der Waals surface area (Å²) in [6.07, 6.45) is 1.72. The monoisotopic (exact) mass is 408 g/mol. The summed E-state index contributed by atoms with van der Waals surface area (Å²) in [7, 11) is 0. The van der Waals surface area contributed by atoms with Gasteiger partial charge in [0.2, 0.25) is 5.13 Å². The number of aromatic nitrogens is 2. The minimum Gasteiger partial charge on any atom is -0.378 e. The quantitative estimate of drug-likeness (QED) is 0.673. The lowest BCUT2D eigenvalue weighted by molar-refractivity contribution is 0.102. The molecule has 0 spiro atoms. The van der Waals surface area contributed by atoms with E-state index in [1.807, 2.05) is 37.3 Å². The maximum absolute atomic E-state index is 12.8. The van der Waals surface area contributed by atoms with Crippen molar-refractivity contribution in [2.24, 2.45) is 0 Å². The molecule has 0 saturated carbocycles. The molecule has 0 radical (unpaired) electrons. The molecule has 0 bridgehead atoms. The molecular weight excluding hydrogens is 384 g/mol. The average molecular weight is 409 g/mol. The molecule has 4 rings (SSSR count). The molecule has 1 fully saturated rings. The van der Waals surface area contributed by atoms with E-state index >= 15 is 0 Å². The second kappa shape index (κ2) is 9.15. The molecule has 1 N–H and O–H groups in total. The van der Waals surface area contributed by atoms with Crippen molar-refractivity contribution in [2.45, 2.75) is 19.8 Å². The fourth-order valence-electron chi connectivity index (χ4n) is 3.48. The summed E-state index contributed by atoms with van der Waals surface area (Å²) >= 11 is 1.43.